The molecule has 0 unspecified atom stereocenters. The summed E-state index contributed by atoms with van der Waals surface area (Å²) >= 11 is 0. The summed E-state index contributed by atoms with van der Waals surface area (Å²) in [5.41, 5.74) is 4.39. The molecule has 234 valence electrons. The summed E-state index contributed by atoms with van der Waals surface area (Å²) in [4.78, 5) is 27.6. The molecule has 0 amide bonds. The molecule has 2 N–H and O–H groups in total. The fourth-order valence-corrected chi connectivity index (χ4v) is 5.24. The van der Waals surface area contributed by atoms with Crippen LogP contribution in [-0.2, 0) is 9.59 Å². The molecule has 0 saturated heterocycles. The minimum absolute atomic E-state index is 0.0620. The Balaban J connectivity index is 1.42. The Morgan fingerprint density at radius 1 is 0.562 bits per heavy atom. The van der Waals surface area contributed by atoms with E-state index in [2.05, 4.69) is 33.6 Å². The van der Waals surface area contributed by atoms with Crippen LogP contribution in [0.25, 0.3) is 55.7 Å². The Morgan fingerprint density at radius 3 is 1.23 bits per heavy atom. The molecule has 7 aromatic rings. The molecule has 0 aliphatic heterocycles. The molecule has 2 heterocycles. The quantitative estimate of drug-likeness (QED) is 0.114. The zero-order valence-electron chi connectivity index (χ0n) is 25.0. The molecule has 7 rings (SSSR count). The summed E-state index contributed by atoms with van der Waals surface area (Å²) in [7, 11) is 0. The van der Waals surface area contributed by atoms with Crippen LogP contribution >= 0.6 is 0 Å². The lowest BCUT2D eigenvalue weighted by atomic mass is 9.92. The van der Waals surface area contributed by atoms with Crippen LogP contribution in [0, 0.1) is 0 Å². The first-order valence-corrected chi connectivity index (χ1v) is 14.5. The predicted octanol–water partition coefficient (Wildman–Crippen LogP) is 6.08. The van der Waals surface area contributed by atoms with Crippen molar-refractivity contribution in [2.24, 2.45) is 0 Å². The minimum Gasteiger partial charge on any atom is -0.506 e. The number of phenolic OH excluding ortho intramolecular Hbond substituents is 2. The van der Waals surface area contributed by atoms with Gasteiger partial charge in [0.25, 0.3) is 0 Å². The van der Waals surface area contributed by atoms with Gasteiger partial charge in [0, 0.05) is 23.3 Å². The average Bonchev–Trinajstić information content (AvgIpc) is 3.73. The van der Waals surface area contributed by atoms with E-state index in [0.29, 0.717) is 33.2 Å². The van der Waals surface area contributed by atoms with Crippen LogP contribution in [0.15, 0.2) is 122 Å². The van der Waals surface area contributed by atoms with Gasteiger partial charge in [-0.05, 0) is 71.8 Å². The number of carbonyl (C=O) groups excluding carboxylic acids is 2. The third-order valence-electron chi connectivity index (χ3n) is 7.42. The Morgan fingerprint density at radius 2 is 0.917 bits per heavy atom. The fourth-order valence-electron chi connectivity index (χ4n) is 5.24. The Kier molecular flexibility index (Phi) is 7.42. The average molecular weight is 637 g/mol. The van der Waals surface area contributed by atoms with E-state index in [0.717, 1.165) is 12.2 Å². The van der Waals surface area contributed by atoms with Gasteiger partial charge in [-0.2, -0.15) is 0 Å². The molecule has 0 spiro atoms. The van der Waals surface area contributed by atoms with E-state index in [1.165, 1.54) is 33.9 Å². The summed E-state index contributed by atoms with van der Waals surface area (Å²) in [6, 6.07) is 26.9. The number of benzene rings is 5. The number of aromatic nitrogens is 6. The Labute approximate surface area is 272 Å². The second-order valence-electron chi connectivity index (χ2n) is 10.4. The van der Waals surface area contributed by atoms with Crippen molar-refractivity contribution in [3.8, 4) is 56.6 Å². The number of hydrogen-bond donors (Lipinski definition) is 2. The largest absolute Gasteiger partial charge is 0.506 e. The molecule has 5 aromatic carbocycles. The number of rotatable bonds is 8. The standard InChI is InChI=1S/C36H24N6O6/c1-3-33(45)47-31-17-18-32(48-34(46)4-2)36(22-14-16-28(30(44)20-22)42-39-25-11-7-8-12-26(25)40-42)35(31)21-13-15-27(29(43)19-21)41-37-23-9-5-6-10-24(23)38-41/h3-20,43-44H,1-2H2. The number of fused-ring (bicyclic) bond motifs is 2. The number of aromatic hydroxyl groups is 2. The fraction of sp³-hybridized carbons (Fsp3) is 0. The molecule has 2 aromatic heterocycles. The molecule has 0 bridgehead atoms. The second kappa shape index (κ2) is 12.0. The Hall–Kier alpha value is -7.08. The van der Waals surface area contributed by atoms with Crippen molar-refractivity contribution < 1.29 is 29.3 Å². The van der Waals surface area contributed by atoms with Crippen LogP contribution in [0.1, 0.15) is 0 Å². The topological polar surface area (TPSA) is 154 Å². The van der Waals surface area contributed by atoms with Gasteiger partial charge in [-0.25, -0.2) is 9.59 Å². The molecule has 0 aliphatic carbocycles. The lowest BCUT2D eigenvalue weighted by molar-refractivity contribution is -0.130. The maximum Gasteiger partial charge on any atom is 0.335 e. The molecule has 0 atom stereocenters. The predicted molar refractivity (Wildman–Crippen MR) is 177 cm³/mol. The van der Waals surface area contributed by atoms with E-state index >= 15 is 0 Å². The highest BCUT2D eigenvalue weighted by Crippen LogP contribution is 2.47. The lowest BCUT2D eigenvalue weighted by Gasteiger charge is -2.19. The number of ether oxygens (including phenoxy) is 2. The van der Waals surface area contributed by atoms with E-state index in [-0.39, 0.29) is 45.5 Å². The summed E-state index contributed by atoms with van der Waals surface area (Å²) < 4.78 is 11.3. The first-order chi connectivity index (χ1) is 23.3. The van der Waals surface area contributed by atoms with Crippen molar-refractivity contribution >= 4 is 34.0 Å². The molecule has 0 saturated carbocycles. The van der Waals surface area contributed by atoms with Gasteiger partial charge in [-0.1, -0.05) is 49.6 Å². The molecule has 12 nitrogen and oxygen atoms in total. The molecule has 0 fully saturated rings. The number of carbonyl (C=O) groups is 2. The van der Waals surface area contributed by atoms with E-state index in [1.807, 2.05) is 24.3 Å². The number of esters is 2. The molecule has 48 heavy (non-hydrogen) atoms. The van der Waals surface area contributed by atoms with Crippen LogP contribution in [0.5, 0.6) is 23.0 Å². The second-order valence-corrected chi connectivity index (χ2v) is 10.4. The molecular weight excluding hydrogens is 612 g/mol. The number of hydrogen-bond acceptors (Lipinski definition) is 10. The van der Waals surface area contributed by atoms with E-state index in [4.69, 9.17) is 9.47 Å². The van der Waals surface area contributed by atoms with Gasteiger partial charge in [0.2, 0.25) is 0 Å². The van der Waals surface area contributed by atoms with Crippen molar-refractivity contribution in [1.82, 2.24) is 30.0 Å². The maximum absolute atomic E-state index is 12.5. The monoisotopic (exact) mass is 636 g/mol. The van der Waals surface area contributed by atoms with Gasteiger partial charge in [0.1, 0.15) is 56.4 Å². The van der Waals surface area contributed by atoms with E-state index in [1.54, 1.807) is 48.5 Å². The highest BCUT2D eigenvalue weighted by atomic mass is 16.5. The van der Waals surface area contributed by atoms with Gasteiger partial charge in [0.15, 0.2) is 0 Å². The minimum atomic E-state index is -0.749. The van der Waals surface area contributed by atoms with E-state index in [9.17, 15) is 19.8 Å². The zero-order valence-corrected chi connectivity index (χ0v) is 25.0. The third kappa shape index (κ3) is 5.39. The normalized spacial score (nSPS) is 11.0. The first-order valence-electron chi connectivity index (χ1n) is 14.5. The third-order valence-corrected chi connectivity index (χ3v) is 7.42. The SMILES string of the molecule is C=CC(=O)Oc1ccc(OC(=O)C=C)c(-c2ccc(-n3nc4ccccc4n3)c(O)c2)c1-c1ccc(-n2nc3ccccc3n2)c(O)c1. The van der Waals surface area contributed by atoms with Gasteiger partial charge in [0.05, 0.1) is 0 Å². The van der Waals surface area contributed by atoms with Crippen molar-refractivity contribution in [3.63, 3.8) is 0 Å². The van der Waals surface area contributed by atoms with E-state index < -0.39 is 11.9 Å². The summed E-state index contributed by atoms with van der Waals surface area (Å²) in [6.45, 7) is 6.98. The van der Waals surface area contributed by atoms with Crippen molar-refractivity contribution in [1.29, 1.82) is 0 Å². The zero-order chi connectivity index (χ0) is 33.4. The van der Waals surface area contributed by atoms with Crippen LogP contribution in [0.3, 0.4) is 0 Å². The highest BCUT2D eigenvalue weighted by Gasteiger charge is 2.24. The van der Waals surface area contributed by atoms with Crippen LogP contribution < -0.4 is 9.47 Å². The van der Waals surface area contributed by atoms with Gasteiger partial charge < -0.3 is 19.7 Å². The van der Waals surface area contributed by atoms with Gasteiger partial charge in [-0.15, -0.1) is 30.0 Å². The van der Waals surface area contributed by atoms with Gasteiger partial charge in [-0.3, -0.25) is 0 Å². The number of nitrogens with zero attached hydrogens (tertiary/aromatic N) is 6. The van der Waals surface area contributed by atoms with Gasteiger partial charge >= 0.3 is 11.9 Å². The van der Waals surface area contributed by atoms with Crippen molar-refractivity contribution in [2.45, 2.75) is 0 Å². The lowest BCUT2D eigenvalue weighted by Crippen LogP contribution is -2.08. The molecular formula is C36H24N6O6. The van der Waals surface area contributed by atoms with Crippen LogP contribution in [-0.4, -0.2) is 52.1 Å². The maximum atomic E-state index is 12.5. The molecule has 0 aliphatic rings. The number of phenols is 2. The Bertz CT molecular complexity index is 2190. The summed E-state index contributed by atoms with van der Waals surface area (Å²) in [5, 5.41) is 40.3. The van der Waals surface area contributed by atoms with Crippen molar-refractivity contribution in [2.75, 3.05) is 0 Å². The summed E-state index contributed by atoms with van der Waals surface area (Å²) in [6.07, 6.45) is 2.01. The van der Waals surface area contributed by atoms with Crippen LogP contribution in [0.4, 0.5) is 0 Å². The van der Waals surface area contributed by atoms with Crippen LogP contribution in [0.2, 0.25) is 0 Å². The summed E-state index contributed by atoms with van der Waals surface area (Å²) in [5.74, 6) is -1.76. The highest BCUT2D eigenvalue weighted by molar-refractivity contribution is 5.96. The molecule has 0 radical (unpaired) electrons. The van der Waals surface area contributed by atoms with Crippen molar-refractivity contribution in [3.05, 3.63) is 122 Å². The first kappa shape index (κ1) is 29.6. The molecule has 12 heteroatoms. The smallest absolute Gasteiger partial charge is 0.335 e.